The second-order valence-corrected chi connectivity index (χ2v) is 6.48. The summed E-state index contributed by atoms with van der Waals surface area (Å²) < 4.78 is 22.2. The number of nitrogens with one attached hydrogen (secondary N) is 1. The van der Waals surface area contributed by atoms with E-state index in [1.165, 1.54) is 11.8 Å². The van der Waals surface area contributed by atoms with E-state index < -0.39 is 9.84 Å². The van der Waals surface area contributed by atoms with Gasteiger partial charge in [0, 0.05) is 18.3 Å². The fourth-order valence-corrected chi connectivity index (χ4v) is 2.77. The van der Waals surface area contributed by atoms with Crippen LogP contribution in [0.3, 0.4) is 0 Å². The molecule has 0 bridgehead atoms. The van der Waals surface area contributed by atoms with Crippen LogP contribution in [0.25, 0.3) is 0 Å². The van der Waals surface area contributed by atoms with Gasteiger partial charge in [-0.3, -0.25) is 0 Å². The van der Waals surface area contributed by atoms with Crippen LogP contribution in [0.1, 0.15) is 25.5 Å². The second-order valence-electron chi connectivity index (χ2n) is 4.29. The molecule has 2 atom stereocenters. The smallest absolute Gasteiger partial charge is 0.148 e. The van der Waals surface area contributed by atoms with Crippen molar-refractivity contribution in [3.63, 3.8) is 0 Å². The Morgan fingerprint density at radius 1 is 1.19 bits per heavy atom. The molecule has 1 N–H and O–H groups in total. The Morgan fingerprint density at radius 3 is 2.25 bits per heavy atom. The first-order valence-electron chi connectivity index (χ1n) is 5.37. The summed E-state index contributed by atoms with van der Waals surface area (Å²) in [4.78, 5) is 0. The van der Waals surface area contributed by atoms with Crippen molar-refractivity contribution in [2.75, 3.05) is 12.0 Å². The zero-order chi connectivity index (χ0) is 12.2. The van der Waals surface area contributed by atoms with Crippen LogP contribution in [-0.4, -0.2) is 26.5 Å². The molecule has 16 heavy (non-hydrogen) atoms. The van der Waals surface area contributed by atoms with Crippen LogP contribution in [0.4, 0.5) is 0 Å². The molecule has 1 aromatic carbocycles. The zero-order valence-electron chi connectivity index (χ0n) is 9.97. The first kappa shape index (κ1) is 13.2. The van der Waals surface area contributed by atoms with Crippen LogP contribution in [-0.2, 0) is 9.84 Å². The molecule has 3 nitrogen and oxygen atoms in total. The summed E-state index contributed by atoms with van der Waals surface area (Å²) in [6, 6.07) is 10.1. The Balaban J connectivity index is 2.55. The average Bonchev–Trinajstić information content (AvgIpc) is 2.16. The predicted molar refractivity (Wildman–Crippen MR) is 67.2 cm³/mol. The maximum Gasteiger partial charge on any atom is 0.148 e. The SMILES string of the molecule is CC(CS(C)(=O)=O)NC(C)c1ccccc1. The van der Waals surface area contributed by atoms with Crippen molar-refractivity contribution < 1.29 is 8.42 Å². The van der Waals surface area contributed by atoms with Crippen LogP contribution in [0.2, 0.25) is 0 Å². The molecule has 90 valence electrons. The summed E-state index contributed by atoms with van der Waals surface area (Å²) in [5.41, 5.74) is 1.17. The quantitative estimate of drug-likeness (QED) is 0.854. The molecule has 0 spiro atoms. The molecule has 4 heteroatoms. The van der Waals surface area contributed by atoms with Gasteiger partial charge in [-0.15, -0.1) is 0 Å². The lowest BCUT2D eigenvalue weighted by atomic mass is 10.1. The summed E-state index contributed by atoms with van der Waals surface area (Å²) in [7, 11) is -2.91. The van der Waals surface area contributed by atoms with E-state index in [-0.39, 0.29) is 17.8 Å². The standard InChI is InChI=1S/C12H19NO2S/c1-10(9-16(3,14)15)13-11(2)12-7-5-4-6-8-12/h4-8,10-11,13H,9H2,1-3H3. The van der Waals surface area contributed by atoms with E-state index in [9.17, 15) is 8.42 Å². The fourth-order valence-electron chi connectivity index (χ4n) is 1.77. The lowest BCUT2D eigenvalue weighted by Gasteiger charge is -2.19. The second kappa shape index (κ2) is 5.46. The monoisotopic (exact) mass is 241 g/mol. The lowest BCUT2D eigenvalue weighted by molar-refractivity contribution is 0.501. The van der Waals surface area contributed by atoms with Gasteiger partial charge in [0.15, 0.2) is 0 Å². The van der Waals surface area contributed by atoms with Gasteiger partial charge in [-0.1, -0.05) is 30.3 Å². The minimum atomic E-state index is -2.91. The highest BCUT2D eigenvalue weighted by atomic mass is 32.2. The third-order valence-corrected chi connectivity index (χ3v) is 3.49. The van der Waals surface area contributed by atoms with Crippen LogP contribution in [0, 0.1) is 0 Å². The molecule has 2 unspecified atom stereocenters. The molecular formula is C12H19NO2S. The number of hydrogen-bond acceptors (Lipinski definition) is 3. The molecule has 0 aliphatic carbocycles. The van der Waals surface area contributed by atoms with Crippen molar-refractivity contribution in [2.45, 2.75) is 25.9 Å². The van der Waals surface area contributed by atoms with E-state index in [0.29, 0.717) is 0 Å². The third kappa shape index (κ3) is 4.77. The molecule has 0 heterocycles. The van der Waals surface area contributed by atoms with E-state index in [2.05, 4.69) is 5.32 Å². The van der Waals surface area contributed by atoms with Crippen LogP contribution in [0.15, 0.2) is 30.3 Å². The third-order valence-electron chi connectivity index (χ3n) is 2.39. The Labute approximate surface area is 97.8 Å². The van der Waals surface area contributed by atoms with Gasteiger partial charge in [-0.2, -0.15) is 0 Å². The molecule has 0 saturated carbocycles. The number of sulfone groups is 1. The molecule has 0 fully saturated rings. The highest BCUT2D eigenvalue weighted by molar-refractivity contribution is 7.90. The van der Waals surface area contributed by atoms with Crippen molar-refractivity contribution >= 4 is 9.84 Å². The molecule has 0 amide bonds. The first-order valence-corrected chi connectivity index (χ1v) is 7.43. The van der Waals surface area contributed by atoms with Crippen LogP contribution < -0.4 is 5.32 Å². The Bertz CT molecular complexity index is 414. The summed E-state index contributed by atoms with van der Waals surface area (Å²) in [6.07, 6.45) is 1.26. The molecule has 1 rings (SSSR count). The first-order chi connectivity index (χ1) is 7.38. The van der Waals surface area contributed by atoms with E-state index in [4.69, 9.17) is 0 Å². The summed E-state index contributed by atoms with van der Waals surface area (Å²) in [5, 5.41) is 3.27. The summed E-state index contributed by atoms with van der Waals surface area (Å²) >= 11 is 0. The molecule has 0 aliphatic heterocycles. The predicted octanol–water partition coefficient (Wildman–Crippen LogP) is 1.77. The van der Waals surface area contributed by atoms with Crippen molar-refractivity contribution in [1.29, 1.82) is 0 Å². The van der Waals surface area contributed by atoms with Gasteiger partial charge in [-0.25, -0.2) is 8.42 Å². The van der Waals surface area contributed by atoms with Gasteiger partial charge in [0.05, 0.1) is 5.75 Å². The van der Waals surface area contributed by atoms with E-state index in [1.807, 2.05) is 44.2 Å². The van der Waals surface area contributed by atoms with Gasteiger partial charge < -0.3 is 5.32 Å². The van der Waals surface area contributed by atoms with Crippen molar-refractivity contribution in [2.24, 2.45) is 0 Å². The minimum absolute atomic E-state index is 0.0368. The van der Waals surface area contributed by atoms with Crippen molar-refractivity contribution in [3.05, 3.63) is 35.9 Å². The Morgan fingerprint density at radius 2 is 1.75 bits per heavy atom. The topological polar surface area (TPSA) is 46.2 Å². The number of benzene rings is 1. The van der Waals surface area contributed by atoms with Gasteiger partial charge in [-0.05, 0) is 19.4 Å². The average molecular weight is 241 g/mol. The molecule has 0 saturated heterocycles. The van der Waals surface area contributed by atoms with Crippen LogP contribution in [0.5, 0.6) is 0 Å². The van der Waals surface area contributed by atoms with Gasteiger partial charge in [0.25, 0.3) is 0 Å². The van der Waals surface area contributed by atoms with Crippen LogP contribution >= 0.6 is 0 Å². The van der Waals surface area contributed by atoms with Crippen molar-refractivity contribution in [1.82, 2.24) is 5.32 Å². The van der Waals surface area contributed by atoms with Crippen molar-refractivity contribution in [3.8, 4) is 0 Å². The minimum Gasteiger partial charge on any atom is -0.307 e. The maximum atomic E-state index is 11.1. The maximum absolute atomic E-state index is 11.1. The molecule has 1 aromatic rings. The Kier molecular flexibility index (Phi) is 4.50. The van der Waals surface area contributed by atoms with Gasteiger partial charge >= 0.3 is 0 Å². The largest absolute Gasteiger partial charge is 0.307 e. The molecule has 0 aliphatic rings. The Hall–Kier alpha value is -0.870. The van der Waals surface area contributed by atoms with E-state index in [1.54, 1.807) is 0 Å². The molecule has 0 radical (unpaired) electrons. The highest BCUT2D eigenvalue weighted by Gasteiger charge is 2.13. The van der Waals surface area contributed by atoms with E-state index >= 15 is 0 Å². The van der Waals surface area contributed by atoms with Gasteiger partial charge in [0.1, 0.15) is 9.84 Å². The normalized spacial score (nSPS) is 15.7. The summed E-state index contributed by atoms with van der Waals surface area (Å²) in [5.74, 6) is 0.171. The summed E-state index contributed by atoms with van der Waals surface area (Å²) in [6.45, 7) is 3.93. The molecule has 0 aromatic heterocycles. The lowest BCUT2D eigenvalue weighted by Crippen LogP contribution is -2.34. The van der Waals surface area contributed by atoms with Gasteiger partial charge in [0.2, 0.25) is 0 Å². The van der Waals surface area contributed by atoms with E-state index in [0.717, 1.165) is 0 Å². The zero-order valence-corrected chi connectivity index (χ0v) is 10.8. The fraction of sp³-hybridized carbons (Fsp3) is 0.500. The number of hydrogen-bond donors (Lipinski definition) is 1. The number of rotatable bonds is 5. The molecular weight excluding hydrogens is 222 g/mol. The highest BCUT2D eigenvalue weighted by Crippen LogP contribution is 2.12.